The van der Waals surface area contributed by atoms with E-state index in [1.54, 1.807) is 6.07 Å². The molecule has 2 N–H and O–H groups in total. The van der Waals surface area contributed by atoms with Crippen LogP contribution in [0, 0.1) is 17.2 Å². The largest absolute Gasteiger partial charge is 0.451 e. The van der Waals surface area contributed by atoms with E-state index in [-0.39, 0.29) is 4.48 Å². The lowest BCUT2D eigenvalue weighted by molar-refractivity contribution is -0.141. The van der Waals surface area contributed by atoms with Gasteiger partial charge in [0.2, 0.25) is 5.91 Å². The maximum Gasteiger partial charge on any atom is 0.346 e. The number of nitrogens with zero attached hydrogens (tertiary/aromatic N) is 1. The molecule has 1 rings (SSSR count). The van der Waals surface area contributed by atoms with E-state index < -0.39 is 23.9 Å². The molecule has 0 unspecified atom stereocenters. The van der Waals surface area contributed by atoms with Crippen molar-refractivity contribution in [3.8, 4) is 6.07 Å². The summed E-state index contributed by atoms with van der Waals surface area (Å²) < 4.78 is 5.27. The Morgan fingerprint density at radius 2 is 2.21 bits per heavy atom. The van der Waals surface area contributed by atoms with Crippen molar-refractivity contribution in [2.24, 2.45) is 11.7 Å². The number of carbonyl (C=O) groups excluding carboxylic acids is 2. The van der Waals surface area contributed by atoms with Crippen LogP contribution in [0.1, 0.15) is 0 Å². The second-order valence-corrected chi connectivity index (χ2v) is 4.14. The van der Waals surface area contributed by atoms with Gasteiger partial charge in [-0.2, -0.15) is 5.26 Å². The minimum atomic E-state index is -1.18. The van der Waals surface area contributed by atoms with Crippen molar-refractivity contribution in [3.05, 3.63) is 8.96 Å². The maximum absolute atomic E-state index is 11.0. The zero-order chi connectivity index (χ0) is 10.9. The van der Waals surface area contributed by atoms with E-state index in [1.165, 1.54) is 0 Å². The molecule has 1 aliphatic heterocycles. The van der Waals surface area contributed by atoms with Crippen LogP contribution in [0.5, 0.6) is 0 Å². The fourth-order valence-electron chi connectivity index (χ4n) is 0.936. The number of rotatable bonds is 2. The summed E-state index contributed by atoms with van der Waals surface area (Å²) in [4.78, 5) is 21.8. The Hall–Kier alpha value is -0.870. The standard InChI is InChI=1S/C7H4Br2N2O3/c8-3-4(9)7(13)14-5(3)2(1-10)6(11)12/h2,5H,(H2,11,12)/t2-,5+/m1/s1. The lowest BCUT2D eigenvalue weighted by Crippen LogP contribution is -2.33. The summed E-state index contributed by atoms with van der Waals surface area (Å²) >= 11 is 6.00. The molecule has 74 valence electrons. The molecule has 5 nitrogen and oxygen atoms in total. The van der Waals surface area contributed by atoms with Gasteiger partial charge in [-0.05, 0) is 31.9 Å². The fourth-order valence-corrected chi connectivity index (χ4v) is 1.77. The molecule has 2 atom stereocenters. The molecule has 0 aliphatic carbocycles. The number of amides is 1. The lowest BCUT2D eigenvalue weighted by atomic mass is 10.0. The number of hydrogen-bond acceptors (Lipinski definition) is 4. The van der Waals surface area contributed by atoms with E-state index >= 15 is 0 Å². The Morgan fingerprint density at radius 1 is 1.64 bits per heavy atom. The van der Waals surface area contributed by atoms with Crippen LogP contribution in [0.25, 0.3) is 0 Å². The second-order valence-electron chi connectivity index (χ2n) is 2.50. The highest BCUT2D eigenvalue weighted by molar-refractivity contribution is 9.14. The van der Waals surface area contributed by atoms with Crippen molar-refractivity contribution in [3.63, 3.8) is 0 Å². The van der Waals surface area contributed by atoms with Crippen LogP contribution >= 0.6 is 31.9 Å². The SMILES string of the molecule is N#C[C@@H](C(N)=O)[C@@H]1OC(=O)C(Br)=C1Br. The number of esters is 1. The summed E-state index contributed by atoms with van der Waals surface area (Å²) in [6.45, 7) is 0. The van der Waals surface area contributed by atoms with E-state index in [9.17, 15) is 9.59 Å². The molecule has 0 fully saturated rings. The zero-order valence-electron chi connectivity index (χ0n) is 6.66. The molecule has 1 amide bonds. The molecule has 0 saturated heterocycles. The highest BCUT2D eigenvalue weighted by Gasteiger charge is 2.39. The second kappa shape index (κ2) is 4.11. The summed E-state index contributed by atoms with van der Waals surface area (Å²) in [5.41, 5.74) is 4.97. The van der Waals surface area contributed by atoms with Crippen molar-refractivity contribution in [2.45, 2.75) is 6.10 Å². The molecule has 0 bridgehead atoms. The van der Waals surface area contributed by atoms with Crippen LogP contribution in [0.3, 0.4) is 0 Å². The first-order chi connectivity index (χ1) is 6.49. The topological polar surface area (TPSA) is 93.2 Å². The van der Waals surface area contributed by atoms with Gasteiger partial charge in [0.1, 0.15) is 4.48 Å². The lowest BCUT2D eigenvalue weighted by Gasteiger charge is -2.12. The van der Waals surface area contributed by atoms with Crippen molar-refractivity contribution < 1.29 is 14.3 Å². The predicted octanol–water partition coefficient (Wildman–Crippen LogP) is 0.538. The van der Waals surface area contributed by atoms with Crippen LogP contribution < -0.4 is 5.73 Å². The monoisotopic (exact) mass is 322 g/mol. The van der Waals surface area contributed by atoms with E-state index in [1.807, 2.05) is 0 Å². The quantitative estimate of drug-likeness (QED) is 0.750. The van der Waals surface area contributed by atoms with Gasteiger partial charge in [0, 0.05) is 0 Å². The van der Waals surface area contributed by atoms with Gasteiger partial charge in [-0.1, -0.05) is 0 Å². The van der Waals surface area contributed by atoms with Gasteiger partial charge >= 0.3 is 5.97 Å². The molecule has 7 heteroatoms. The molecule has 1 heterocycles. The number of halogens is 2. The third-order valence-electron chi connectivity index (χ3n) is 1.62. The Labute approximate surface area is 96.1 Å². The Balaban J connectivity index is 2.99. The molecular formula is C7H4Br2N2O3. The Bertz CT molecular complexity index is 372. The Kier molecular flexibility index (Phi) is 3.29. The van der Waals surface area contributed by atoms with Gasteiger partial charge < -0.3 is 10.5 Å². The number of primary amides is 1. The fraction of sp³-hybridized carbons (Fsp3) is 0.286. The van der Waals surface area contributed by atoms with Gasteiger partial charge in [0.05, 0.1) is 10.6 Å². The van der Waals surface area contributed by atoms with Crippen LogP contribution in [-0.2, 0) is 14.3 Å². The summed E-state index contributed by atoms with van der Waals surface area (Å²) in [5, 5.41) is 8.65. The third kappa shape index (κ3) is 1.81. The summed E-state index contributed by atoms with van der Waals surface area (Å²) in [6.07, 6.45) is -0.945. The molecule has 0 radical (unpaired) electrons. The molecule has 0 saturated carbocycles. The molecule has 0 aromatic rings. The van der Waals surface area contributed by atoms with E-state index in [0.717, 1.165) is 0 Å². The van der Waals surface area contributed by atoms with Crippen molar-refractivity contribution in [1.82, 2.24) is 0 Å². The molecule has 0 spiro atoms. The number of nitrogens with two attached hydrogens (primary N) is 1. The van der Waals surface area contributed by atoms with Gasteiger partial charge in [-0.25, -0.2) is 4.79 Å². The summed E-state index contributed by atoms with van der Waals surface area (Å²) in [6, 6.07) is 1.68. The van der Waals surface area contributed by atoms with Gasteiger partial charge in [-0.3, -0.25) is 4.79 Å². The van der Waals surface area contributed by atoms with Gasteiger partial charge in [-0.15, -0.1) is 0 Å². The Morgan fingerprint density at radius 3 is 2.50 bits per heavy atom. The average Bonchev–Trinajstić information content (AvgIpc) is 2.35. The number of nitriles is 1. The molecule has 0 aromatic carbocycles. The van der Waals surface area contributed by atoms with Crippen molar-refractivity contribution >= 4 is 43.7 Å². The minimum Gasteiger partial charge on any atom is -0.451 e. The summed E-state index contributed by atoms with van der Waals surface area (Å²) in [5.74, 6) is -2.63. The molecular weight excluding hydrogens is 320 g/mol. The molecule has 0 aromatic heterocycles. The number of ether oxygens (including phenoxy) is 1. The summed E-state index contributed by atoms with van der Waals surface area (Å²) in [7, 11) is 0. The number of cyclic esters (lactones) is 1. The van der Waals surface area contributed by atoms with E-state index in [4.69, 9.17) is 15.7 Å². The first-order valence-corrected chi connectivity index (χ1v) is 5.02. The minimum absolute atomic E-state index is 0.170. The van der Waals surface area contributed by atoms with Crippen LogP contribution in [0.4, 0.5) is 0 Å². The predicted molar refractivity (Wildman–Crippen MR) is 53.1 cm³/mol. The maximum atomic E-state index is 11.0. The first kappa shape index (κ1) is 11.2. The van der Waals surface area contributed by atoms with Crippen molar-refractivity contribution in [1.29, 1.82) is 5.26 Å². The normalized spacial score (nSPS) is 22.9. The molecule has 14 heavy (non-hydrogen) atoms. The van der Waals surface area contributed by atoms with Crippen LogP contribution in [0.2, 0.25) is 0 Å². The third-order valence-corrected chi connectivity index (χ3v) is 3.75. The van der Waals surface area contributed by atoms with Crippen molar-refractivity contribution in [2.75, 3.05) is 0 Å². The molecule has 1 aliphatic rings. The highest BCUT2D eigenvalue weighted by Crippen LogP contribution is 2.34. The van der Waals surface area contributed by atoms with Crippen LogP contribution in [0.15, 0.2) is 8.96 Å². The van der Waals surface area contributed by atoms with Crippen LogP contribution in [-0.4, -0.2) is 18.0 Å². The zero-order valence-corrected chi connectivity index (χ0v) is 9.83. The first-order valence-electron chi connectivity index (χ1n) is 3.44. The highest BCUT2D eigenvalue weighted by atomic mass is 79.9. The number of carbonyl (C=O) groups is 2. The van der Waals surface area contributed by atoms with E-state index in [0.29, 0.717) is 4.48 Å². The average molecular weight is 324 g/mol. The number of hydrogen-bond donors (Lipinski definition) is 1. The van der Waals surface area contributed by atoms with Gasteiger partial charge in [0.25, 0.3) is 0 Å². The van der Waals surface area contributed by atoms with Gasteiger partial charge in [0.15, 0.2) is 12.0 Å². The van der Waals surface area contributed by atoms with E-state index in [2.05, 4.69) is 31.9 Å². The smallest absolute Gasteiger partial charge is 0.346 e.